The van der Waals surface area contributed by atoms with Crippen LogP contribution < -0.4 is 4.90 Å². The number of hydrogen-bond acceptors (Lipinski definition) is 4. The van der Waals surface area contributed by atoms with Gasteiger partial charge in [0, 0.05) is 24.7 Å². The first-order valence-corrected chi connectivity index (χ1v) is 12.1. The van der Waals surface area contributed by atoms with Crippen molar-refractivity contribution < 1.29 is 19.1 Å². The second kappa shape index (κ2) is 8.81. The number of Topliss-reactive ketones (excluding diaryl/α,β-unsaturated/α-hetero) is 1. The van der Waals surface area contributed by atoms with Crippen LogP contribution in [0, 0.1) is 13.8 Å². The average Bonchev–Trinajstić information content (AvgIpc) is 3.10. The van der Waals surface area contributed by atoms with Gasteiger partial charge in [-0.05, 0) is 43.5 Å². The van der Waals surface area contributed by atoms with Crippen molar-refractivity contribution in [2.24, 2.45) is 0 Å². The fourth-order valence-electron chi connectivity index (χ4n) is 5.93. The van der Waals surface area contributed by atoms with Crippen LogP contribution in [0.15, 0.2) is 72.8 Å². The lowest BCUT2D eigenvalue weighted by molar-refractivity contribution is -0.130. The van der Waals surface area contributed by atoms with Gasteiger partial charge in [0.15, 0.2) is 0 Å². The molecule has 1 heterocycles. The molecule has 178 valence electrons. The van der Waals surface area contributed by atoms with Gasteiger partial charge in [0.05, 0.1) is 17.7 Å². The fraction of sp³-hybridized carbons (Fsp3) is 0.300. The average molecular weight is 468 g/mol. The Labute approximate surface area is 205 Å². The molecule has 1 saturated carbocycles. The molecule has 1 fully saturated rings. The van der Waals surface area contributed by atoms with Crippen LogP contribution in [0.4, 0.5) is 10.5 Å². The molecule has 2 atom stereocenters. The van der Waals surface area contributed by atoms with E-state index in [2.05, 4.69) is 0 Å². The van der Waals surface area contributed by atoms with Crippen LogP contribution >= 0.6 is 0 Å². The van der Waals surface area contributed by atoms with Crippen molar-refractivity contribution >= 4 is 23.5 Å². The zero-order chi connectivity index (χ0) is 24.7. The Morgan fingerprint density at radius 2 is 1.37 bits per heavy atom. The first-order chi connectivity index (χ1) is 16.9. The minimum Gasteiger partial charge on any atom is -0.449 e. The highest BCUT2D eigenvalue weighted by Gasteiger charge is 2.64. The molecular formula is C30H29NO4. The van der Waals surface area contributed by atoms with E-state index in [9.17, 15) is 14.4 Å². The third-order valence-electron chi connectivity index (χ3n) is 7.52. The quantitative estimate of drug-likeness (QED) is 0.476. The second-order valence-corrected chi connectivity index (χ2v) is 9.60. The molecule has 5 heteroatoms. The van der Waals surface area contributed by atoms with Crippen LogP contribution in [0.25, 0.3) is 0 Å². The van der Waals surface area contributed by atoms with Gasteiger partial charge in [-0.1, -0.05) is 77.9 Å². The van der Waals surface area contributed by atoms with E-state index in [1.165, 1.54) is 4.90 Å². The van der Waals surface area contributed by atoms with E-state index >= 15 is 0 Å². The van der Waals surface area contributed by atoms with Gasteiger partial charge in [-0.15, -0.1) is 0 Å². The Morgan fingerprint density at radius 3 is 1.89 bits per heavy atom. The maximum absolute atomic E-state index is 14.6. The topological polar surface area (TPSA) is 63.7 Å². The van der Waals surface area contributed by atoms with E-state index in [1.807, 2.05) is 80.6 Å². The maximum Gasteiger partial charge on any atom is 0.421 e. The van der Waals surface area contributed by atoms with E-state index < -0.39 is 23.3 Å². The number of aryl methyl sites for hydroxylation is 2. The van der Waals surface area contributed by atoms with Crippen molar-refractivity contribution in [3.05, 3.63) is 101 Å². The summed E-state index contributed by atoms with van der Waals surface area (Å²) in [5.74, 6) is -1.03. The predicted molar refractivity (Wildman–Crippen MR) is 135 cm³/mol. The number of benzene rings is 3. The number of rotatable bonds is 3. The number of fused-ring (bicyclic) bond motifs is 2. The third kappa shape index (κ3) is 3.57. The Kier molecular flexibility index (Phi) is 5.79. The van der Waals surface area contributed by atoms with Crippen LogP contribution in [-0.4, -0.2) is 24.4 Å². The molecule has 2 aliphatic rings. The summed E-state index contributed by atoms with van der Waals surface area (Å²) in [5.41, 5.74) is 4.27. The molecule has 1 spiro atoms. The number of ketones is 1. The molecular weight excluding hydrogens is 438 g/mol. The smallest absolute Gasteiger partial charge is 0.421 e. The summed E-state index contributed by atoms with van der Waals surface area (Å²) in [6, 6.07) is 23.5. The Bertz CT molecular complexity index is 1240. The van der Waals surface area contributed by atoms with Gasteiger partial charge in [0.25, 0.3) is 0 Å². The zero-order valence-electron chi connectivity index (χ0n) is 20.3. The van der Waals surface area contributed by atoms with Crippen molar-refractivity contribution in [3.63, 3.8) is 0 Å². The summed E-state index contributed by atoms with van der Waals surface area (Å²) in [4.78, 5) is 42.1. The van der Waals surface area contributed by atoms with Crippen molar-refractivity contribution in [3.8, 4) is 0 Å². The molecule has 5 rings (SSSR count). The molecule has 0 N–H and O–H groups in total. The summed E-state index contributed by atoms with van der Waals surface area (Å²) in [6.07, 6.45) is -0.200. The van der Waals surface area contributed by atoms with Crippen LogP contribution in [0.3, 0.4) is 0 Å². The summed E-state index contributed by atoms with van der Waals surface area (Å²) >= 11 is 0. The molecule has 5 nitrogen and oxygen atoms in total. The highest BCUT2D eigenvalue weighted by atomic mass is 16.6. The number of para-hydroxylation sites is 1. The van der Waals surface area contributed by atoms with E-state index in [1.54, 1.807) is 13.0 Å². The number of hydrogen-bond donors (Lipinski definition) is 0. The number of amides is 2. The molecule has 35 heavy (non-hydrogen) atoms. The standard InChI is InChI=1S/C30H29NO4/c1-4-35-29(34)31-27-8-6-5-7-24(27)30(28(31)33)25(21-13-9-19(2)10-14-21)17-23(32)18-26(30)22-15-11-20(3)12-16-22/h5-16,25-26H,4,17-18H2,1-3H3/t25-,26-/m0/s1. The Hall–Kier alpha value is -3.73. The molecule has 0 saturated heterocycles. The predicted octanol–water partition coefficient (Wildman–Crippen LogP) is 5.97. The van der Waals surface area contributed by atoms with Gasteiger partial charge in [-0.3, -0.25) is 9.59 Å². The zero-order valence-corrected chi connectivity index (χ0v) is 20.3. The number of ether oxygens (including phenoxy) is 1. The van der Waals surface area contributed by atoms with Gasteiger partial charge in [-0.25, -0.2) is 9.69 Å². The van der Waals surface area contributed by atoms with Gasteiger partial charge < -0.3 is 4.74 Å². The molecule has 3 aromatic carbocycles. The lowest BCUT2D eigenvalue weighted by atomic mass is 9.54. The summed E-state index contributed by atoms with van der Waals surface area (Å²) < 4.78 is 5.32. The van der Waals surface area contributed by atoms with Gasteiger partial charge in [0.2, 0.25) is 5.91 Å². The van der Waals surface area contributed by atoms with Crippen molar-refractivity contribution in [1.29, 1.82) is 0 Å². The molecule has 0 radical (unpaired) electrons. The van der Waals surface area contributed by atoms with Crippen LogP contribution in [0.5, 0.6) is 0 Å². The fourth-order valence-corrected chi connectivity index (χ4v) is 5.93. The Balaban J connectivity index is 1.80. The molecule has 1 aliphatic carbocycles. The number of imide groups is 1. The van der Waals surface area contributed by atoms with Crippen LogP contribution in [0.2, 0.25) is 0 Å². The lowest BCUT2D eigenvalue weighted by Crippen LogP contribution is -2.53. The normalized spacial score (nSPS) is 20.7. The van der Waals surface area contributed by atoms with Crippen LogP contribution in [0.1, 0.15) is 59.4 Å². The largest absolute Gasteiger partial charge is 0.449 e. The van der Waals surface area contributed by atoms with Gasteiger partial charge >= 0.3 is 6.09 Å². The highest BCUT2D eigenvalue weighted by Crippen LogP contribution is 2.61. The molecule has 0 aromatic heterocycles. The first kappa shape index (κ1) is 23.0. The number of nitrogens with zero attached hydrogens (tertiary/aromatic N) is 1. The summed E-state index contributed by atoms with van der Waals surface area (Å²) in [5, 5.41) is 0. The SMILES string of the molecule is CCOC(=O)N1C(=O)C2(c3ccccc31)[C@H](c1ccc(C)cc1)CC(=O)C[C@H]2c1ccc(C)cc1. The monoisotopic (exact) mass is 467 g/mol. The lowest BCUT2D eigenvalue weighted by Gasteiger charge is -2.46. The van der Waals surface area contributed by atoms with Gasteiger partial charge in [0.1, 0.15) is 5.78 Å². The number of carbonyl (C=O) groups excluding carboxylic acids is 3. The summed E-state index contributed by atoms with van der Waals surface area (Å²) in [6.45, 7) is 5.92. The van der Waals surface area contributed by atoms with Crippen LogP contribution in [-0.2, 0) is 19.7 Å². The van der Waals surface area contributed by atoms with E-state index in [0.29, 0.717) is 5.69 Å². The minimum absolute atomic E-state index is 0.117. The minimum atomic E-state index is -1.11. The molecule has 2 amide bonds. The van der Waals surface area contributed by atoms with Crippen molar-refractivity contribution in [2.75, 3.05) is 11.5 Å². The van der Waals surface area contributed by atoms with Crippen molar-refractivity contribution in [2.45, 2.75) is 50.9 Å². The first-order valence-electron chi connectivity index (χ1n) is 12.1. The number of anilines is 1. The third-order valence-corrected chi connectivity index (χ3v) is 7.52. The molecule has 1 aliphatic heterocycles. The number of carbonyl (C=O) groups is 3. The second-order valence-electron chi connectivity index (χ2n) is 9.60. The van der Waals surface area contributed by atoms with E-state index in [0.717, 1.165) is 27.8 Å². The van der Waals surface area contributed by atoms with Crippen molar-refractivity contribution in [1.82, 2.24) is 0 Å². The van der Waals surface area contributed by atoms with Gasteiger partial charge in [-0.2, -0.15) is 0 Å². The van der Waals surface area contributed by atoms with E-state index in [4.69, 9.17) is 4.74 Å². The Morgan fingerprint density at radius 1 is 0.857 bits per heavy atom. The molecule has 0 bridgehead atoms. The maximum atomic E-state index is 14.6. The van der Waals surface area contributed by atoms with E-state index in [-0.39, 0.29) is 31.1 Å². The highest BCUT2D eigenvalue weighted by molar-refractivity contribution is 6.22. The summed E-state index contributed by atoms with van der Waals surface area (Å²) in [7, 11) is 0. The molecule has 3 aromatic rings. The molecule has 0 unspecified atom stereocenters.